The topological polar surface area (TPSA) is 17.8 Å². The van der Waals surface area contributed by atoms with E-state index in [0.29, 0.717) is 0 Å². The van der Waals surface area contributed by atoms with Crippen LogP contribution in [0.4, 0.5) is 22.0 Å². The van der Waals surface area contributed by atoms with Crippen molar-refractivity contribution in [1.29, 1.82) is 0 Å². The number of halogens is 5. The van der Waals surface area contributed by atoms with Crippen LogP contribution < -0.4 is 0 Å². The second kappa shape index (κ2) is 4.55. The van der Waals surface area contributed by atoms with E-state index in [-0.39, 0.29) is 24.0 Å². The lowest BCUT2D eigenvalue weighted by Gasteiger charge is -2.07. The Morgan fingerprint density at radius 1 is 1.11 bits per heavy atom. The molecule has 98 valence electrons. The summed E-state index contributed by atoms with van der Waals surface area (Å²) in [4.78, 5) is 3.81. The molecule has 1 heterocycles. The van der Waals surface area contributed by atoms with Gasteiger partial charge in [0.2, 0.25) is 0 Å². The third-order valence-corrected chi connectivity index (χ3v) is 2.52. The van der Waals surface area contributed by atoms with Crippen LogP contribution in [0.3, 0.4) is 0 Å². The highest BCUT2D eigenvalue weighted by Crippen LogP contribution is 2.23. The summed E-state index contributed by atoms with van der Waals surface area (Å²) in [7, 11) is 0. The molecule has 0 unspecified atom stereocenters. The van der Waals surface area contributed by atoms with Crippen LogP contribution in [0.25, 0.3) is 11.0 Å². The molecule has 2 rings (SSSR count). The summed E-state index contributed by atoms with van der Waals surface area (Å²) in [6.45, 7) is 0.0566. The van der Waals surface area contributed by atoms with E-state index in [1.165, 1.54) is 10.9 Å². The second-order valence-electron chi connectivity index (χ2n) is 3.91. The molecule has 0 saturated carbocycles. The molecule has 7 heteroatoms. The van der Waals surface area contributed by atoms with Gasteiger partial charge in [0.05, 0.1) is 17.4 Å². The second-order valence-corrected chi connectivity index (χ2v) is 3.91. The fraction of sp³-hybridized carbons (Fsp3) is 0.364. The van der Waals surface area contributed by atoms with Gasteiger partial charge in [0.1, 0.15) is 0 Å². The molecule has 0 fully saturated rings. The number of imidazole rings is 1. The van der Waals surface area contributed by atoms with Crippen LogP contribution in [0, 0.1) is 11.6 Å². The minimum absolute atomic E-state index is 0.0566. The number of hydrogen-bond acceptors (Lipinski definition) is 1. The number of rotatable bonds is 3. The Morgan fingerprint density at radius 2 is 1.78 bits per heavy atom. The lowest BCUT2D eigenvalue weighted by molar-refractivity contribution is -0.135. The lowest BCUT2D eigenvalue weighted by atomic mass is 10.2. The molecule has 18 heavy (non-hydrogen) atoms. The van der Waals surface area contributed by atoms with Crippen molar-refractivity contribution in [2.75, 3.05) is 0 Å². The summed E-state index contributed by atoms with van der Waals surface area (Å²) in [6, 6.07) is 1.86. The van der Waals surface area contributed by atoms with Crippen molar-refractivity contribution < 1.29 is 22.0 Å². The van der Waals surface area contributed by atoms with E-state index in [1.807, 2.05) is 0 Å². The van der Waals surface area contributed by atoms with Gasteiger partial charge in [-0.15, -0.1) is 0 Å². The van der Waals surface area contributed by atoms with Crippen LogP contribution in [0.1, 0.15) is 12.8 Å². The summed E-state index contributed by atoms with van der Waals surface area (Å²) < 4.78 is 63.2. The zero-order chi connectivity index (χ0) is 13.3. The van der Waals surface area contributed by atoms with Gasteiger partial charge in [-0.3, -0.25) is 0 Å². The summed E-state index contributed by atoms with van der Waals surface area (Å²) >= 11 is 0. The number of aryl methyl sites for hydroxylation is 1. The van der Waals surface area contributed by atoms with Gasteiger partial charge in [0.25, 0.3) is 0 Å². The number of benzene rings is 1. The van der Waals surface area contributed by atoms with E-state index >= 15 is 0 Å². The Kier molecular flexibility index (Phi) is 3.23. The molecule has 0 aliphatic heterocycles. The first-order chi connectivity index (χ1) is 8.37. The molecule has 1 aromatic carbocycles. The van der Waals surface area contributed by atoms with Gasteiger partial charge in [-0.1, -0.05) is 0 Å². The molecular weight excluding hydrogens is 255 g/mol. The van der Waals surface area contributed by atoms with Crippen molar-refractivity contribution in [2.45, 2.75) is 25.6 Å². The summed E-state index contributed by atoms with van der Waals surface area (Å²) in [6.07, 6.45) is -3.99. The predicted octanol–water partition coefficient (Wildman–Crippen LogP) is 3.66. The molecule has 0 atom stereocenters. The van der Waals surface area contributed by atoms with Gasteiger partial charge < -0.3 is 4.57 Å². The first-order valence-electron chi connectivity index (χ1n) is 5.23. The van der Waals surface area contributed by atoms with E-state index < -0.39 is 24.2 Å². The summed E-state index contributed by atoms with van der Waals surface area (Å²) in [5, 5.41) is 0. The van der Waals surface area contributed by atoms with Crippen molar-refractivity contribution in [3.05, 3.63) is 30.1 Å². The Morgan fingerprint density at radius 3 is 2.44 bits per heavy atom. The Balaban J connectivity index is 2.17. The van der Waals surface area contributed by atoms with E-state index in [1.54, 1.807) is 0 Å². The number of fused-ring (bicyclic) bond motifs is 1. The minimum Gasteiger partial charge on any atom is -0.331 e. The van der Waals surface area contributed by atoms with Gasteiger partial charge in [-0.25, -0.2) is 13.8 Å². The van der Waals surface area contributed by atoms with Gasteiger partial charge in [-0.05, 0) is 6.42 Å². The number of nitrogens with zero attached hydrogens (tertiary/aromatic N) is 2. The Labute approximate surface area is 99.0 Å². The van der Waals surface area contributed by atoms with Crippen molar-refractivity contribution in [3.63, 3.8) is 0 Å². The molecule has 0 aliphatic carbocycles. The predicted molar refractivity (Wildman–Crippen MR) is 54.9 cm³/mol. The van der Waals surface area contributed by atoms with Crippen LogP contribution in [-0.4, -0.2) is 15.7 Å². The van der Waals surface area contributed by atoms with Crippen molar-refractivity contribution >= 4 is 11.0 Å². The number of aromatic nitrogens is 2. The summed E-state index contributed by atoms with van der Waals surface area (Å²) in [5.41, 5.74) is 0.511. The molecule has 0 bridgehead atoms. The number of hydrogen-bond donors (Lipinski definition) is 0. The molecule has 2 nitrogen and oxygen atoms in total. The molecule has 0 radical (unpaired) electrons. The van der Waals surface area contributed by atoms with Crippen LogP contribution in [0.5, 0.6) is 0 Å². The van der Waals surface area contributed by atoms with E-state index in [2.05, 4.69) is 4.98 Å². The van der Waals surface area contributed by atoms with E-state index in [4.69, 9.17) is 0 Å². The maximum absolute atomic E-state index is 13.0. The zero-order valence-electron chi connectivity index (χ0n) is 9.14. The van der Waals surface area contributed by atoms with Gasteiger partial charge >= 0.3 is 6.18 Å². The third-order valence-electron chi connectivity index (χ3n) is 2.52. The van der Waals surface area contributed by atoms with Crippen LogP contribution in [0.15, 0.2) is 18.5 Å². The van der Waals surface area contributed by atoms with Gasteiger partial charge in [0.15, 0.2) is 11.6 Å². The van der Waals surface area contributed by atoms with Crippen LogP contribution >= 0.6 is 0 Å². The normalized spacial score (nSPS) is 12.3. The van der Waals surface area contributed by atoms with E-state index in [9.17, 15) is 22.0 Å². The molecule has 2 aromatic rings. The molecule has 0 amide bonds. The smallest absolute Gasteiger partial charge is 0.331 e. The van der Waals surface area contributed by atoms with E-state index in [0.717, 1.165) is 12.1 Å². The fourth-order valence-electron chi connectivity index (χ4n) is 1.68. The maximum Gasteiger partial charge on any atom is 0.389 e. The highest BCUT2D eigenvalue weighted by atomic mass is 19.4. The largest absolute Gasteiger partial charge is 0.389 e. The SMILES string of the molecule is Fc1cc2ncn(CCCC(F)(F)F)c2cc1F. The molecule has 0 saturated heterocycles. The zero-order valence-corrected chi connectivity index (χ0v) is 9.14. The van der Waals surface area contributed by atoms with Crippen LogP contribution in [0.2, 0.25) is 0 Å². The highest BCUT2D eigenvalue weighted by Gasteiger charge is 2.26. The first-order valence-corrected chi connectivity index (χ1v) is 5.23. The summed E-state index contributed by atoms with van der Waals surface area (Å²) in [5.74, 6) is -2.07. The number of alkyl halides is 3. The maximum atomic E-state index is 13.0. The minimum atomic E-state index is -4.21. The standard InChI is InChI=1S/C11H9F5N2/c12-7-4-9-10(5-8(7)13)18(6-17-9)3-1-2-11(14,15)16/h4-6H,1-3H2. The monoisotopic (exact) mass is 264 g/mol. The highest BCUT2D eigenvalue weighted by molar-refractivity contribution is 5.75. The quantitative estimate of drug-likeness (QED) is 0.773. The van der Waals surface area contributed by atoms with Crippen molar-refractivity contribution in [2.24, 2.45) is 0 Å². The molecule has 0 spiro atoms. The van der Waals surface area contributed by atoms with Gasteiger partial charge in [0, 0.05) is 25.1 Å². The lowest BCUT2D eigenvalue weighted by Crippen LogP contribution is -2.09. The van der Waals surface area contributed by atoms with Crippen LogP contribution in [-0.2, 0) is 6.54 Å². The fourth-order valence-corrected chi connectivity index (χ4v) is 1.68. The molecule has 0 N–H and O–H groups in total. The van der Waals surface area contributed by atoms with Gasteiger partial charge in [-0.2, -0.15) is 13.2 Å². The molecule has 1 aromatic heterocycles. The average molecular weight is 264 g/mol. The molecule has 0 aliphatic rings. The first kappa shape index (κ1) is 12.8. The average Bonchev–Trinajstić information content (AvgIpc) is 2.60. The third kappa shape index (κ3) is 2.77. The van der Waals surface area contributed by atoms with Crippen molar-refractivity contribution in [3.8, 4) is 0 Å². The Hall–Kier alpha value is -1.66. The Bertz CT molecular complexity index is 558. The molecular formula is C11H9F5N2. The van der Waals surface area contributed by atoms with Crippen molar-refractivity contribution in [1.82, 2.24) is 9.55 Å².